The van der Waals surface area contributed by atoms with E-state index in [4.69, 9.17) is 4.74 Å². The molecule has 2 heterocycles. The number of benzene rings is 1. The Morgan fingerprint density at radius 3 is 2.86 bits per heavy atom. The summed E-state index contributed by atoms with van der Waals surface area (Å²) in [6.07, 6.45) is 2.78. The molecule has 0 radical (unpaired) electrons. The van der Waals surface area contributed by atoms with Crippen LogP contribution in [0.3, 0.4) is 0 Å². The Kier molecular flexibility index (Phi) is 4.78. The third-order valence-corrected chi connectivity index (χ3v) is 4.66. The van der Waals surface area contributed by atoms with Crippen LogP contribution in [0.1, 0.15) is 30.1 Å². The molecule has 1 saturated heterocycles. The second-order valence-corrected chi connectivity index (χ2v) is 6.17. The molecule has 0 spiro atoms. The molecule has 3 rings (SSSR count). The van der Waals surface area contributed by atoms with Crippen molar-refractivity contribution in [3.05, 3.63) is 29.3 Å². The van der Waals surface area contributed by atoms with E-state index in [9.17, 15) is 5.11 Å². The lowest BCUT2D eigenvalue weighted by molar-refractivity contribution is 0.0300. The van der Waals surface area contributed by atoms with E-state index in [1.54, 1.807) is 0 Å². The van der Waals surface area contributed by atoms with Gasteiger partial charge in [0.15, 0.2) is 0 Å². The van der Waals surface area contributed by atoms with Crippen LogP contribution in [0.25, 0.3) is 0 Å². The maximum atomic E-state index is 10.4. The lowest BCUT2D eigenvalue weighted by atomic mass is 9.96. The molecular formula is C17H26N2O2. The van der Waals surface area contributed by atoms with Crippen LogP contribution in [0, 0.1) is 0 Å². The summed E-state index contributed by atoms with van der Waals surface area (Å²) in [5.74, 6) is 0. The van der Waals surface area contributed by atoms with Crippen LogP contribution < -0.4 is 4.90 Å². The van der Waals surface area contributed by atoms with Crippen LogP contribution in [-0.4, -0.2) is 56.4 Å². The molecular weight excluding hydrogens is 264 g/mol. The average molecular weight is 290 g/mol. The molecule has 4 heteroatoms. The number of hydrogen-bond acceptors (Lipinski definition) is 4. The van der Waals surface area contributed by atoms with E-state index in [0.717, 1.165) is 57.8 Å². The van der Waals surface area contributed by atoms with Gasteiger partial charge in [0, 0.05) is 38.9 Å². The average Bonchev–Trinajstić information content (AvgIpc) is 2.53. The first-order chi connectivity index (χ1) is 10.2. The maximum Gasteiger partial charge on any atom is 0.0802 e. The van der Waals surface area contributed by atoms with Crippen molar-refractivity contribution in [2.24, 2.45) is 0 Å². The number of aliphatic hydroxyl groups is 1. The normalized spacial score (nSPS) is 21.1. The van der Waals surface area contributed by atoms with Gasteiger partial charge >= 0.3 is 0 Å². The minimum absolute atomic E-state index is 0.356. The molecule has 0 aromatic heterocycles. The first-order valence-corrected chi connectivity index (χ1v) is 8.06. The number of hydrogen-bond donors (Lipinski definition) is 1. The molecule has 1 atom stereocenters. The fraction of sp³-hybridized carbons (Fsp3) is 0.647. The van der Waals surface area contributed by atoms with E-state index >= 15 is 0 Å². The molecule has 1 unspecified atom stereocenters. The fourth-order valence-electron chi connectivity index (χ4n) is 3.31. The second kappa shape index (κ2) is 6.77. The zero-order chi connectivity index (χ0) is 14.7. The molecule has 0 saturated carbocycles. The molecule has 0 amide bonds. The predicted molar refractivity (Wildman–Crippen MR) is 84.9 cm³/mol. The Hall–Kier alpha value is -1.10. The first kappa shape index (κ1) is 14.8. The van der Waals surface area contributed by atoms with E-state index in [1.165, 1.54) is 17.7 Å². The summed E-state index contributed by atoms with van der Waals surface area (Å²) in [5, 5.41) is 10.4. The van der Waals surface area contributed by atoms with Gasteiger partial charge in [-0.15, -0.1) is 0 Å². The number of nitrogens with zero attached hydrogens (tertiary/aromatic N) is 2. The van der Waals surface area contributed by atoms with Crippen LogP contribution in [0.5, 0.6) is 0 Å². The van der Waals surface area contributed by atoms with Crippen LogP contribution >= 0.6 is 0 Å². The second-order valence-electron chi connectivity index (χ2n) is 6.17. The van der Waals surface area contributed by atoms with Gasteiger partial charge in [-0.1, -0.05) is 12.1 Å². The van der Waals surface area contributed by atoms with Gasteiger partial charge in [0.2, 0.25) is 0 Å². The Labute approximate surface area is 127 Å². The third kappa shape index (κ3) is 3.57. The molecule has 2 aliphatic rings. The van der Waals surface area contributed by atoms with Crippen molar-refractivity contribution >= 4 is 5.69 Å². The number of morpholine rings is 1. The van der Waals surface area contributed by atoms with Crippen molar-refractivity contribution in [1.82, 2.24) is 4.90 Å². The Bertz CT molecular complexity index is 472. The van der Waals surface area contributed by atoms with Gasteiger partial charge < -0.3 is 14.7 Å². The minimum Gasteiger partial charge on any atom is -0.388 e. The van der Waals surface area contributed by atoms with E-state index in [2.05, 4.69) is 35.0 Å². The lowest BCUT2D eigenvalue weighted by Crippen LogP contribution is -2.37. The number of fused-ring (bicyclic) bond motifs is 1. The summed E-state index contributed by atoms with van der Waals surface area (Å²) in [4.78, 5) is 4.68. The highest BCUT2D eigenvalue weighted by molar-refractivity contribution is 5.56. The minimum atomic E-state index is -0.356. The molecule has 21 heavy (non-hydrogen) atoms. The standard InChI is InChI=1S/C17H26N2O2/c1-18-7-2-3-14-13-15(4-5-16(14)18)17(20)6-8-19-9-11-21-12-10-19/h4-5,13,17,20H,2-3,6-12H2,1H3. The van der Waals surface area contributed by atoms with Crippen molar-refractivity contribution in [2.75, 3.05) is 51.3 Å². The molecule has 116 valence electrons. The van der Waals surface area contributed by atoms with Gasteiger partial charge in [0.1, 0.15) is 0 Å². The van der Waals surface area contributed by atoms with Crippen LogP contribution in [0.15, 0.2) is 18.2 Å². The number of rotatable bonds is 4. The summed E-state index contributed by atoms with van der Waals surface area (Å²) in [6, 6.07) is 6.46. The summed E-state index contributed by atoms with van der Waals surface area (Å²) in [6.45, 7) is 5.69. The molecule has 1 fully saturated rings. The quantitative estimate of drug-likeness (QED) is 0.918. The molecule has 1 aromatic rings. The Morgan fingerprint density at radius 1 is 1.24 bits per heavy atom. The highest BCUT2D eigenvalue weighted by atomic mass is 16.5. The van der Waals surface area contributed by atoms with Crippen molar-refractivity contribution in [1.29, 1.82) is 0 Å². The van der Waals surface area contributed by atoms with Crippen molar-refractivity contribution in [3.63, 3.8) is 0 Å². The van der Waals surface area contributed by atoms with Gasteiger partial charge in [-0.3, -0.25) is 4.90 Å². The van der Waals surface area contributed by atoms with E-state index in [0.29, 0.717) is 0 Å². The topological polar surface area (TPSA) is 35.9 Å². The summed E-state index contributed by atoms with van der Waals surface area (Å²) < 4.78 is 5.35. The van der Waals surface area contributed by atoms with Crippen LogP contribution in [-0.2, 0) is 11.2 Å². The van der Waals surface area contributed by atoms with Gasteiger partial charge in [-0.25, -0.2) is 0 Å². The fourth-order valence-corrected chi connectivity index (χ4v) is 3.31. The maximum absolute atomic E-state index is 10.4. The van der Waals surface area contributed by atoms with Crippen molar-refractivity contribution in [2.45, 2.75) is 25.4 Å². The van der Waals surface area contributed by atoms with Crippen molar-refractivity contribution < 1.29 is 9.84 Å². The van der Waals surface area contributed by atoms with E-state index in [-0.39, 0.29) is 6.10 Å². The molecule has 1 aromatic carbocycles. The lowest BCUT2D eigenvalue weighted by Gasteiger charge is -2.29. The molecule has 0 bridgehead atoms. The largest absolute Gasteiger partial charge is 0.388 e. The number of aryl methyl sites for hydroxylation is 1. The monoisotopic (exact) mass is 290 g/mol. The van der Waals surface area contributed by atoms with Gasteiger partial charge in [0.25, 0.3) is 0 Å². The third-order valence-electron chi connectivity index (χ3n) is 4.66. The first-order valence-electron chi connectivity index (χ1n) is 8.06. The summed E-state index contributed by atoms with van der Waals surface area (Å²) in [5.41, 5.74) is 3.77. The molecule has 0 aliphatic carbocycles. The zero-order valence-electron chi connectivity index (χ0n) is 12.9. The summed E-state index contributed by atoms with van der Waals surface area (Å²) in [7, 11) is 2.15. The number of anilines is 1. The molecule has 2 aliphatic heterocycles. The zero-order valence-corrected chi connectivity index (χ0v) is 12.9. The van der Waals surface area contributed by atoms with Gasteiger partial charge in [-0.2, -0.15) is 0 Å². The van der Waals surface area contributed by atoms with Gasteiger partial charge in [0.05, 0.1) is 19.3 Å². The SMILES string of the molecule is CN1CCCc2cc(C(O)CCN3CCOCC3)ccc21. The van der Waals surface area contributed by atoms with Crippen LogP contribution in [0.2, 0.25) is 0 Å². The number of ether oxygens (including phenoxy) is 1. The van der Waals surface area contributed by atoms with E-state index in [1.807, 2.05) is 0 Å². The smallest absolute Gasteiger partial charge is 0.0802 e. The Morgan fingerprint density at radius 2 is 2.05 bits per heavy atom. The van der Waals surface area contributed by atoms with Crippen molar-refractivity contribution in [3.8, 4) is 0 Å². The highest BCUT2D eigenvalue weighted by Crippen LogP contribution is 2.29. The van der Waals surface area contributed by atoms with E-state index < -0.39 is 0 Å². The highest BCUT2D eigenvalue weighted by Gasteiger charge is 2.17. The molecule has 4 nitrogen and oxygen atoms in total. The van der Waals surface area contributed by atoms with Crippen LogP contribution in [0.4, 0.5) is 5.69 Å². The predicted octanol–water partition coefficient (Wildman–Crippen LogP) is 1.82. The number of aliphatic hydroxyl groups excluding tert-OH is 1. The Balaban J connectivity index is 1.60. The molecule has 1 N–H and O–H groups in total. The summed E-state index contributed by atoms with van der Waals surface area (Å²) >= 11 is 0. The van der Waals surface area contributed by atoms with Gasteiger partial charge in [-0.05, 0) is 36.5 Å².